The Morgan fingerprint density at radius 3 is 2.06 bits per heavy atom. The van der Waals surface area contributed by atoms with Gasteiger partial charge >= 0.3 is 18.1 Å². The van der Waals surface area contributed by atoms with Gasteiger partial charge in [0.05, 0.1) is 16.4 Å². The number of carbonyl (C=O) groups excluding carboxylic acids is 3. The molecule has 0 spiro atoms. The van der Waals surface area contributed by atoms with Crippen LogP contribution in [0.2, 0.25) is 0 Å². The molecule has 1 heterocycles. The zero-order valence-corrected chi connectivity index (χ0v) is 17.8. The van der Waals surface area contributed by atoms with Gasteiger partial charge in [0, 0.05) is 0 Å². The summed E-state index contributed by atoms with van der Waals surface area (Å²) < 4.78 is 20.9. The third-order valence-corrected chi connectivity index (χ3v) is 5.78. The molecule has 2 aromatic rings. The van der Waals surface area contributed by atoms with Crippen molar-refractivity contribution in [2.24, 2.45) is 0 Å². The predicted molar refractivity (Wildman–Crippen MR) is 116 cm³/mol. The number of aliphatic hydroxyl groups is 1. The minimum Gasteiger partial charge on any atom is -0.461 e. The summed E-state index contributed by atoms with van der Waals surface area (Å²) in [7, 11) is 0. The first-order chi connectivity index (χ1) is 15.5. The summed E-state index contributed by atoms with van der Waals surface area (Å²) in [4.78, 5) is 36.8. The zero-order chi connectivity index (χ0) is 22.9. The normalized spacial score (nSPS) is 21.9. The van der Waals surface area contributed by atoms with E-state index in [2.05, 4.69) is 6.58 Å². The number of ether oxygens (including phenoxy) is 4. The third-order valence-electron chi connectivity index (χ3n) is 4.48. The largest absolute Gasteiger partial charge is 0.509 e. The maximum absolute atomic E-state index is 12.6. The van der Waals surface area contributed by atoms with Gasteiger partial charge in [0.2, 0.25) is 0 Å². The van der Waals surface area contributed by atoms with E-state index in [0.717, 1.165) is 11.8 Å². The number of hydrogen-bond donors (Lipinski definition) is 1. The molecule has 168 valence electrons. The van der Waals surface area contributed by atoms with E-state index in [1.165, 1.54) is 6.08 Å². The standard InChI is InChI=1S/C23H22O8S/c1-2-13-28-23(27)31-19-18(30-21(25)16-11-7-4-8-12-16)17(32-22(19)26)14-29-20(24)15-9-5-3-6-10-15/h2-12,17-19,22,26H,1,13-14H2/t17-,18+,19+,22?/m1/s1. The molecular formula is C23H22O8S. The summed E-state index contributed by atoms with van der Waals surface area (Å²) in [6.07, 6.45) is -1.98. The van der Waals surface area contributed by atoms with Crippen LogP contribution in [0.1, 0.15) is 20.7 Å². The molecule has 1 aliphatic heterocycles. The molecule has 0 bridgehead atoms. The number of thioether (sulfide) groups is 1. The first kappa shape index (κ1) is 23.4. The second-order valence-electron chi connectivity index (χ2n) is 6.70. The van der Waals surface area contributed by atoms with Crippen LogP contribution in [-0.4, -0.2) is 59.3 Å². The van der Waals surface area contributed by atoms with Crippen molar-refractivity contribution < 1.29 is 38.4 Å². The van der Waals surface area contributed by atoms with E-state index in [9.17, 15) is 19.5 Å². The Kier molecular flexibility index (Phi) is 8.29. The maximum atomic E-state index is 12.6. The van der Waals surface area contributed by atoms with E-state index >= 15 is 0 Å². The number of hydrogen-bond acceptors (Lipinski definition) is 9. The topological polar surface area (TPSA) is 108 Å². The zero-order valence-electron chi connectivity index (χ0n) is 17.0. The number of rotatable bonds is 8. The van der Waals surface area contributed by atoms with E-state index in [0.29, 0.717) is 5.56 Å². The van der Waals surface area contributed by atoms with Crippen molar-refractivity contribution in [3.63, 3.8) is 0 Å². The SMILES string of the molecule is C=CCOC(=O)O[C@@H]1C(O)S[C@H](COC(=O)c2ccccc2)[C@@H]1OC(=O)c1ccccc1. The minimum absolute atomic E-state index is 0.0820. The quantitative estimate of drug-likeness (QED) is 0.362. The number of carbonyl (C=O) groups is 3. The molecule has 1 fully saturated rings. The Balaban J connectivity index is 1.72. The lowest BCUT2D eigenvalue weighted by Gasteiger charge is -2.24. The Bertz CT molecular complexity index is 934. The molecule has 0 aromatic heterocycles. The number of esters is 2. The van der Waals surface area contributed by atoms with Crippen LogP contribution < -0.4 is 0 Å². The molecule has 0 radical (unpaired) electrons. The third kappa shape index (κ3) is 6.12. The van der Waals surface area contributed by atoms with Crippen molar-refractivity contribution >= 4 is 29.9 Å². The number of aliphatic hydroxyl groups excluding tert-OH is 1. The average molecular weight is 458 g/mol. The second kappa shape index (κ2) is 11.4. The lowest BCUT2D eigenvalue weighted by molar-refractivity contribution is -0.0645. The minimum atomic E-state index is -1.22. The van der Waals surface area contributed by atoms with Gasteiger partial charge < -0.3 is 24.1 Å². The van der Waals surface area contributed by atoms with Crippen molar-refractivity contribution in [2.75, 3.05) is 13.2 Å². The van der Waals surface area contributed by atoms with Gasteiger partial charge in [0.1, 0.15) is 18.6 Å². The Morgan fingerprint density at radius 2 is 1.47 bits per heavy atom. The van der Waals surface area contributed by atoms with Crippen LogP contribution in [0.25, 0.3) is 0 Å². The molecule has 1 saturated heterocycles. The van der Waals surface area contributed by atoms with E-state index in [1.54, 1.807) is 60.7 Å². The summed E-state index contributed by atoms with van der Waals surface area (Å²) in [6, 6.07) is 16.6. The lowest BCUT2D eigenvalue weighted by atomic mass is 10.1. The maximum Gasteiger partial charge on any atom is 0.509 e. The molecule has 8 nitrogen and oxygen atoms in total. The smallest absolute Gasteiger partial charge is 0.461 e. The van der Waals surface area contributed by atoms with Crippen molar-refractivity contribution in [2.45, 2.75) is 22.9 Å². The molecule has 3 rings (SSSR count). The Hall–Kier alpha value is -3.30. The van der Waals surface area contributed by atoms with Gasteiger partial charge in [-0.05, 0) is 24.3 Å². The van der Waals surface area contributed by atoms with Crippen molar-refractivity contribution in [3.05, 3.63) is 84.4 Å². The molecule has 0 amide bonds. The van der Waals surface area contributed by atoms with Gasteiger partial charge in [-0.25, -0.2) is 14.4 Å². The highest BCUT2D eigenvalue weighted by molar-refractivity contribution is 8.00. The summed E-state index contributed by atoms with van der Waals surface area (Å²) in [5.74, 6) is -1.23. The Morgan fingerprint density at radius 1 is 0.875 bits per heavy atom. The second-order valence-corrected chi connectivity index (χ2v) is 8.06. The highest BCUT2D eigenvalue weighted by Crippen LogP contribution is 2.37. The van der Waals surface area contributed by atoms with Crippen LogP contribution in [0, 0.1) is 0 Å². The highest BCUT2D eigenvalue weighted by atomic mass is 32.2. The van der Waals surface area contributed by atoms with Crippen molar-refractivity contribution in [1.29, 1.82) is 0 Å². The lowest BCUT2D eigenvalue weighted by Crippen LogP contribution is -2.42. The predicted octanol–water partition coefficient (Wildman–Crippen LogP) is 3.21. The van der Waals surface area contributed by atoms with Gasteiger partial charge in [0.15, 0.2) is 12.2 Å². The summed E-state index contributed by atoms with van der Waals surface area (Å²) in [5, 5.41) is 9.77. The summed E-state index contributed by atoms with van der Waals surface area (Å²) >= 11 is 0.970. The molecule has 1 aliphatic rings. The fraction of sp³-hybridized carbons (Fsp3) is 0.261. The van der Waals surface area contributed by atoms with Crippen LogP contribution in [0.4, 0.5) is 4.79 Å². The monoisotopic (exact) mass is 458 g/mol. The van der Waals surface area contributed by atoms with Crippen LogP contribution in [0.3, 0.4) is 0 Å². The molecule has 9 heteroatoms. The van der Waals surface area contributed by atoms with Gasteiger partial charge in [-0.1, -0.05) is 49.1 Å². The molecule has 1 N–H and O–H groups in total. The van der Waals surface area contributed by atoms with Crippen LogP contribution in [-0.2, 0) is 18.9 Å². The number of benzene rings is 2. The molecular weight excluding hydrogens is 436 g/mol. The van der Waals surface area contributed by atoms with Crippen molar-refractivity contribution in [1.82, 2.24) is 0 Å². The fourth-order valence-corrected chi connectivity index (χ4v) is 4.20. The van der Waals surface area contributed by atoms with Gasteiger partial charge in [-0.15, -0.1) is 11.8 Å². The first-order valence-electron chi connectivity index (χ1n) is 9.75. The Labute approximate surface area is 189 Å². The fourth-order valence-electron chi connectivity index (χ4n) is 2.96. The summed E-state index contributed by atoms with van der Waals surface area (Å²) in [6.45, 7) is 3.18. The molecule has 0 saturated carbocycles. The van der Waals surface area contributed by atoms with E-state index < -0.39 is 41.0 Å². The molecule has 2 aromatic carbocycles. The molecule has 1 unspecified atom stereocenters. The van der Waals surface area contributed by atoms with Crippen LogP contribution in [0.5, 0.6) is 0 Å². The van der Waals surface area contributed by atoms with Gasteiger partial charge in [0.25, 0.3) is 0 Å². The molecule has 32 heavy (non-hydrogen) atoms. The average Bonchev–Trinajstić information content (AvgIpc) is 3.11. The highest BCUT2D eigenvalue weighted by Gasteiger charge is 2.49. The first-order valence-corrected chi connectivity index (χ1v) is 10.7. The van der Waals surface area contributed by atoms with Gasteiger partial charge in [-0.3, -0.25) is 0 Å². The molecule has 4 atom stereocenters. The van der Waals surface area contributed by atoms with E-state index in [1.807, 2.05) is 0 Å². The van der Waals surface area contributed by atoms with Crippen LogP contribution >= 0.6 is 11.8 Å². The van der Waals surface area contributed by atoms with Crippen molar-refractivity contribution in [3.8, 4) is 0 Å². The summed E-state index contributed by atoms with van der Waals surface area (Å²) in [5.41, 5.74) is -0.582. The van der Waals surface area contributed by atoms with E-state index in [4.69, 9.17) is 18.9 Å². The van der Waals surface area contributed by atoms with Crippen LogP contribution in [0.15, 0.2) is 73.3 Å². The van der Waals surface area contributed by atoms with E-state index in [-0.39, 0.29) is 18.8 Å². The molecule has 0 aliphatic carbocycles. The van der Waals surface area contributed by atoms with Gasteiger partial charge in [-0.2, -0.15) is 0 Å².